The molecule has 0 saturated carbocycles. The van der Waals surface area contributed by atoms with Crippen molar-refractivity contribution in [1.29, 1.82) is 0 Å². The SMILES string of the molecule is CC(C)c1ccc(NC(=O)C(C)(C)C(=O)N2CCN(C)CC2)cc1. The van der Waals surface area contributed by atoms with Gasteiger partial charge in [-0.15, -0.1) is 0 Å². The van der Waals surface area contributed by atoms with Crippen molar-refractivity contribution in [2.75, 3.05) is 38.5 Å². The zero-order valence-corrected chi connectivity index (χ0v) is 15.4. The summed E-state index contributed by atoms with van der Waals surface area (Å²) in [7, 11) is 2.04. The number of nitrogens with zero attached hydrogens (tertiary/aromatic N) is 2. The van der Waals surface area contributed by atoms with Crippen LogP contribution in [0.1, 0.15) is 39.2 Å². The standard InChI is InChI=1S/C19H29N3O2/c1-14(2)15-6-8-16(9-7-15)20-17(23)19(3,4)18(24)22-12-10-21(5)11-13-22/h6-9,14H,10-13H2,1-5H3,(H,20,23). The molecule has 1 N–H and O–H groups in total. The van der Waals surface area contributed by atoms with Crippen molar-refractivity contribution >= 4 is 17.5 Å². The number of hydrogen-bond acceptors (Lipinski definition) is 3. The van der Waals surface area contributed by atoms with E-state index in [9.17, 15) is 9.59 Å². The predicted octanol–water partition coefficient (Wildman–Crippen LogP) is 2.55. The van der Waals surface area contributed by atoms with Gasteiger partial charge in [-0.25, -0.2) is 0 Å². The minimum atomic E-state index is -1.08. The molecule has 0 radical (unpaired) electrons. The van der Waals surface area contributed by atoms with Crippen molar-refractivity contribution in [2.45, 2.75) is 33.6 Å². The first-order valence-corrected chi connectivity index (χ1v) is 8.61. The van der Waals surface area contributed by atoms with E-state index >= 15 is 0 Å². The third kappa shape index (κ3) is 4.15. The Morgan fingerprint density at radius 1 is 1.04 bits per heavy atom. The van der Waals surface area contributed by atoms with Gasteiger partial charge in [-0.2, -0.15) is 0 Å². The van der Waals surface area contributed by atoms with Gasteiger partial charge in [0.1, 0.15) is 5.41 Å². The Labute approximate surface area is 145 Å². The lowest BCUT2D eigenvalue weighted by molar-refractivity contribution is -0.147. The lowest BCUT2D eigenvalue weighted by atomic mass is 9.89. The smallest absolute Gasteiger partial charge is 0.239 e. The first-order chi connectivity index (χ1) is 11.2. The summed E-state index contributed by atoms with van der Waals surface area (Å²) in [4.78, 5) is 29.4. The first-order valence-electron chi connectivity index (χ1n) is 8.61. The zero-order valence-electron chi connectivity index (χ0n) is 15.4. The molecular formula is C19H29N3O2. The second-order valence-corrected chi connectivity index (χ2v) is 7.45. The molecule has 0 unspecified atom stereocenters. The third-order valence-electron chi connectivity index (χ3n) is 4.73. The van der Waals surface area contributed by atoms with Gasteiger partial charge in [0.2, 0.25) is 11.8 Å². The van der Waals surface area contributed by atoms with Crippen LogP contribution in [0.3, 0.4) is 0 Å². The molecule has 1 saturated heterocycles. The summed E-state index contributed by atoms with van der Waals surface area (Å²) in [5.41, 5.74) is 0.872. The van der Waals surface area contributed by atoms with E-state index in [1.165, 1.54) is 5.56 Å². The highest BCUT2D eigenvalue weighted by molar-refractivity contribution is 6.09. The summed E-state index contributed by atoms with van der Waals surface area (Å²) < 4.78 is 0. The van der Waals surface area contributed by atoms with E-state index in [0.29, 0.717) is 19.0 Å². The summed E-state index contributed by atoms with van der Waals surface area (Å²) in [6.45, 7) is 10.7. The van der Waals surface area contributed by atoms with Crippen LogP contribution in [-0.4, -0.2) is 54.8 Å². The minimum Gasteiger partial charge on any atom is -0.339 e. The van der Waals surface area contributed by atoms with Gasteiger partial charge in [0.15, 0.2) is 0 Å². The maximum Gasteiger partial charge on any atom is 0.239 e. The highest BCUT2D eigenvalue weighted by Crippen LogP contribution is 2.24. The van der Waals surface area contributed by atoms with E-state index in [4.69, 9.17) is 0 Å². The summed E-state index contributed by atoms with van der Waals surface area (Å²) in [6.07, 6.45) is 0. The Morgan fingerprint density at radius 2 is 1.58 bits per heavy atom. The van der Waals surface area contributed by atoms with Crippen molar-refractivity contribution in [3.8, 4) is 0 Å². The lowest BCUT2D eigenvalue weighted by Gasteiger charge is -2.36. The molecule has 0 atom stereocenters. The Balaban J connectivity index is 2.02. The Morgan fingerprint density at radius 3 is 2.08 bits per heavy atom. The molecular weight excluding hydrogens is 302 g/mol. The fourth-order valence-corrected chi connectivity index (χ4v) is 2.74. The number of rotatable bonds is 4. The highest BCUT2D eigenvalue weighted by Gasteiger charge is 2.39. The quantitative estimate of drug-likeness (QED) is 0.863. The summed E-state index contributed by atoms with van der Waals surface area (Å²) in [5.74, 6) is 0.0839. The molecule has 0 bridgehead atoms. The van der Waals surface area contributed by atoms with Crippen LogP contribution in [0.5, 0.6) is 0 Å². The molecule has 1 aromatic carbocycles. The number of carbonyl (C=O) groups is 2. The van der Waals surface area contributed by atoms with Crippen molar-refractivity contribution in [2.24, 2.45) is 5.41 Å². The van der Waals surface area contributed by atoms with Gasteiger partial charge in [0.25, 0.3) is 0 Å². The summed E-state index contributed by atoms with van der Waals surface area (Å²) >= 11 is 0. The van der Waals surface area contributed by atoms with E-state index in [2.05, 4.69) is 24.1 Å². The van der Waals surface area contributed by atoms with Gasteiger partial charge >= 0.3 is 0 Å². The number of anilines is 1. The van der Waals surface area contributed by atoms with Crippen LogP contribution in [0.2, 0.25) is 0 Å². The van der Waals surface area contributed by atoms with E-state index in [0.717, 1.165) is 18.8 Å². The fraction of sp³-hybridized carbons (Fsp3) is 0.579. The van der Waals surface area contributed by atoms with Crippen molar-refractivity contribution in [1.82, 2.24) is 9.80 Å². The molecule has 1 heterocycles. The highest BCUT2D eigenvalue weighted by atomic mass is 16.2. The van der Waals surface area contributed by atoms with Crippen LogP contribution < -0.4 is 5.32 Å². The van der Waals surface area contributed by atoms with Gasteiger partial charge in [-0.1, -0.05) is 26.0 Å². The monoisotopic (exact) mass is 331 g/mol. The molecule has 132 valence electrons. The van der Waals surface area contributed by atoms with Gasteiger partial charge in [-0.05, 0) is 44.5 Å². The average Bonchev–Trinajstić information content (AvgIpc) is 2.55. The van der Waals surface area contributed by atoms with Gasteiger partial charge in [-0.3, -0.25) is 9.59 Å². The van der Waals surface area contributed by atoms with Crippen LogP contribution in [0.25, 0.3) is 0 Å². The molecule has 1 fully saturated rings. The Hall–Kier alpha value is -1.88. The number of amides is 2. The molecule has 1 aliphatic heterocycles. The number of carbonyl (C=O) groups excluding carboxylic acids is 2. The summed E-state index contributed by atoms with van der Waals surface area (Å²) in [5, 5.41) is 2.88. The summed E-state index contributed by atoms with van der Waals surface area (Å²) in [6, 6.07) is 7.80. The van der Waals surface area contributed by atoms with E-state index in [1.807, 2.05) is 31.3 Å². The average molecular weight is 331 g/mol. The van der Waals surface area contributed by atoms with Crippen LogP contribution in [-0.2, 0) is 9.59 Å². The van der Waals surface area contributed by atoms with E-state index < -0.39 is 5.41 Å². The minimum absolute atomic E-state index is 0.105. The van der Waals surface area contributed by atoms with Gasteiger partial charge in [0.05, 0.1) is 0 Å². The molecule has 1 aromatic rings. The second kappa shape index (κ2) is 7.34. The Bertz CT molecular complexity index is 585. The number of hydrogen-bond donors (Lipinski definition) is 1. The van der Waals surface area contributed by atoms with Crippen molar-refractivity contribution < 1.29 is 9.59 Å². The number of benzene rings is 1. The molecule has 24 heavy (non-hydrogen) atoms. The molecule has 0 aromatic heterocycles. The maximum atomic E-state index is 12.7. The maximum absolute atomic E-state index is 12.7. The lowest BCUT2D eigenvalue weighted by Crippen LogP contribution is -2.53. The van der Waals surface area contributed by atoms with Crippen LogP contribution in [0.4, 0.5) is 5.69 Å². The number of nitrogens with one attached hydrogen (secondary N) is 1. The molecule has 5 nitrogen and oxygen atoms in total. The molecule has 1 aliphatic rings. The third-order valence-corrected chi connectivity index (χ3v) is 4.73. The van der Waals surface area contributed by atoms with Gasteiger partial charge in [0, 0.05) is 31.9 Å². The second-order valence-electron chi connectivity index (χ2n) is 7.45. The molecule has 0 spiro atoms. The molecule has 0 aliphatic carbocycles. The van der Waals surface area contributed by atoms with Crippen molar-refractivity contribution in [3.05, 3.63) is 29.8 Å². The normalized spacial score (nSPS) is 16.3. The molecule has 2 rings (SSSR count). The van der Waals surface area contributed by atoms with Crippen LogP contribution in [0, 0.1) is 5.41 Å². The molecule has 2 amide bonds. The van der Waals surface area contributed by atoms with Crippen molar-refractivity contribution in [3.63, 3.8) is 0 Å². The largest absolute Gasteiger partial charge is 0.339 e. The predicted molar refractivity (Wildman–Crippen MR) is 97.0 cm³/mol. The zero-order chi connectivity index (χ0) is 17.9. The molecule has 5 heteroatoms. The number of piperazine rings is 1. The topological polar surface area (TPSA) is 52.7 Å². The van der Waals surface area contributed by atoms with Crippen LogP contribution >= 0.6 is 0 Å². The Kier molecular flexibility index (Phi) is 5.65. The van der Waals surface area contributed by atoms with E-state index in [-0.39, 0.29) is 11.8 Å². The fourth-order valence-electron chi connectivity index (χ4n) is 2.74. The first kappa shape index (κ1) is 18.5. The van der Waals surface area contributed by atoms with E-state index in [1.54, 1.807) is 18.7 Å². The number of likely N-dealkylation sites (N-methyl/N-ethyl adjacent to an activating group) is 1. The van der Waals surface area contributed by atoms with Crippen LogP contribution in [0.15, 0.2) is 24.3 Å². The van der Waals surface area contributed by atoms with Gasteiger partial charge < -0.3 is 15.1 Å².